The minimum Gasteiger partial charge on any atom is -0.370 e. The molecule has 0 radical (unpaired) electrons. The van der Waals surface area contributed by atoms with Gasteiger partial charge in [-0.3, -0.25) is 0 Å². The molecule has 0 saturated carbocycles. The van der Waals surface area contributed by atoms with E-state index in [0.717, 1.165) is 10.5 Å². The van der Waals surface area contributed by atoms with Gasteiger partial charge in [0.25, 0.3) is 0 Å². The van der Waals surface area contributed by atoms with E-state index < -0.39 is 0 Å². The first-order valence-electron chi connectivity index (χ1n) is 4.43. The van der Waals surface area contributed by atoms with Gasteiger partial charge in [-0.1, -0.05) is 18.2 Å². The summed E-state index contributed by atoms with van der Waals surface area (Å²) >= 11 is 1.68. The number of aromatic nitrogens is 1. The summed E-state index contributed by atoms with van der Waals surface area (Å²) in [6.07, 6.45) is 1.74. The van der Waals surface area contributed by atoms with Crippen molar-refractivity contribution in [3.8, 4) is 0 Å². The summed E-state index contributed by atoms with van der Waals surface area (Å²) in [4.78, 5) is 4.44. The minimum atomic E-state index is 0.575. The Hall–Kier alpha value is -1.19. The molecular weight excluding hydrogens is 194 g/mol. The Morgan fingerprint density at radius 1 is 1.43 bits per heavy atom. The number of hydrogen-bond donors (Lipinski definition) is 0. The molecule has 14 heavy (non-hydrogen) atoms. The largest absolute Gasteiger partial charge is 0.370 e. The zero-order chi connectivity index (χ0) is 9.80. The maximum atomic E-state index is 5.33. The molecule has 1 heterocycles. The number of para-hydroxylation sites is 1. The second kappa shape index (κ2) is 4.35. The Labute approximate surface area is 86.9 Å². The highest BCUT2D eigenvalue weighted by Gasteiger charge is 2.01. The van der Waals surface area contributed by atoms with Crippen LogP contribution in [0.3, 0.4) is 0 Å². The van der Waals surface area contributed by atoms with Crippen LogP contribution in [0.2, 0.25) is 0 Å². The van der Waals surface area contributed by atoms with E-state index in [-0.39, 0.29) is 0 Å². The van der Waals surface area contributed by atoms with Crippen molar-refractivity contribution in [2.45, 2.75) is 6.61 Å². The van der Waals surface area contributed by atoms with Crippen LogP contribution in [0.1, 0.15) is 5.01 Å². The van der Waals surface area contributed by atoms with Gasteiger partial charge in [-0.05, 0) is 12.1 Å². The Morgan fingerprint density at radius 3 is 3.07 bits per heavy atom. The molecule has 1 aromatic carbocycles. The average Bonchev–Trinajstić information content (AvgIpc) is 2.60. The molecule has 3 heteroatoms. The van der Waals surface area contributed by atoms with Crippen LogP contribution in [0.15, 0.2) is 36.9 Å². The van der Waals surface area contributed by atoms with E-state index in [1.54, 1.807) is 17.4 Å². The SMILES string of the molecule is C=CCOCc1nc2ccccc2s1. The van der Waals surface area contributed by atoms with Crippen LogP contribution in [-0.4, -0.2) is 11.6 Å². The summed E-state index contributed by atoms with van der Waals surface area (Å²) in [7, 11) is 0. The zero-order valence-corrected chi connectivity index (χ0v) is 8.59. The van der Waals surface area contributed by atoms with Gasteiger partial charge in [-0.25, -0.2) is 4.98 Å². The third kappa shape index (κ3) is 2.00. The monoisotopic (exact) mass is 205 g/mol. The van der Waals surface area contributed by atoms with Gasteiger partial charge < -0.3 is 4.74 Å². The lowest BCUT2D eigenvalue weighted by Gasteiger charge is -1.94. The van der Waals surface area contributed by atoms with Crippen molar-refractivity contribution < 1.29 is 4.74 Å². The lowest BCUT2D eigenvalue weighted by Crippen LogP contribution is -1.90. The smallest absolute Gasteiger partial charge is 0.120 e. The summed E-state index contributed by atoms with van der Waals surface area (Å²) in [5, 5.41) is 1.02. The van der Waals surface area contributed by atoms with E-state index in [1.165, 1.54) is 4.70 Å². The normalized spacial score (nSPS) is 10.6. The third-order valence-corrected chi connectivity index (χ3v) is 2.81. The maximum Gasteiger partial charge on any atom is 0.120 e. The molecule has 0 saturated heterocycles. The first kappa shape index (κ1) is 9.37. The van der Waals surface area contributed by atoms with Crippen molar-refractivity contribution in [3.05, 3.63) is 41.9 Å². The van der Waals surface area contributed by atoms with Crippen LogP contribution >= 0.6 is 11.3 Å². The molecule has 2 nitrogen and oxygen atoms in total. The average molecular weight is 205 g/mol. The molecule has 0 aliphatic carbocycles. The molecule has 2 aromatic rings. The molecule has 0 aliphatic rings. The van der Waals surface area contributed by atoms with Gasteiger partial charge in [0.05, 0.1) is 23.4 Å². The molecule has 0 bridgehead atoms. The van der Waals surface area contributed by atoms with Crippen molar-refractivity contribution in [1.82, 2.24) is 4.98 Å². The van der Waals surface area contributed by atoms with Gasteiger partial charge >= 0.3 is 0 Å². The van der Waals surface area contributed by atoms with E-state index in [1.807, 2.05) is 18.2 Å². The molecule has 72 valence electrons. The molecule has 2 rings (SSSR count). The number of fused-ring (bicyclic) bond motifs is 1. The van der Waals surface area contributed by atoms with Crippen molar-refractivity contribution in [2.24, 2.45) is 0 Å². The van der Waals surface area contributed by atoms with E-state index in [0.29, 0.717) is 13.2 Å². The van der Waals surface area contributed by atoms with E-state index in [2.05, 4.69) is 17.6 Å². The quantitative estimate of drug-likeness (QED) is 0.565. The van der Waals surface area contributed by atoms with Crippen LogP contribution < -0.4 is 0 Å². The first-order valence-corrected chi connectivity index (χ1v) is 5.25. The van der Waals surface area contributed by atoms with Gasteiger partial charge in [0.15, 0.2) is 0 Å². The summed E-state index contributed by atoms with van der Waals surface area (Å²) in [6.45, 7) is 4.75. The number of ether oxygens (including phenoxy) is 1. The predicted molar refractivity (Wildman–Crippen MR) is 59.5 cm³/mol. The Bertz CT molecular complexity index is 403. The highest BCUT2D eigenvalue weighted by Crippen LogP contribution is 2.21. The number of hydrogen-bond acceptors (Lipinski definition) is 3. The van der Waals surface area contributed by atoms with Gasteiger partial charge in [0.2, 0.25) is 0 Å². The van der Waals surface area contributed by atoms with Gasteiger partial charge in [-0.15, -0.1) is 17.9 Å². The maximum absolute atomic E-state index is 5.33. The van der Waals surface area contributed by atoms with Crippen LogP contribution in [0.5, 0.6) is 0 Å². The number of rotatable bonds is 4. The molecule has 1 aromatic heterocycles. The number of benzene rings is 1. The molecule has 0 spiro atoms. The standard InChI is InChI=1S/C11H11NOS/c1-2-7-13-8-11-12-9-5-3-4-6-10(9)14-11/h2-6H,1,7-8H2. The fourth-order valence-electron chi connectivity index (χ4n) is 1.21. The summed E-state index contributed by atoms with van der Waals surface area (Å²) in [6, 6.07) is 8.11. The number of thiazole rings is 1. The van der Waals surface area contributed by atoms with Crippen LogP contribution in [0, 0.1) is 0 Å². The van der Waals surface area contributed by atoms with Gasteiger partial charge in [0.1, 0.15) is 5.01 Å². The molecule has 0 unspecified atom stereocenters. The summed E-state index contributed by atoms with van der Waals surface area (Å²) < 4.78 is 6.54. The molecule has 0 aliphatic heterocycles. The van der Waals surface area contributed by atoms with Crippen molar-refractivity contribution in [3.63, 3.8) is 0 Å². The Morgan fingerprint density at radius 2 is 2.29 bits per heavy atom. The topological polar surface area (TPSA) is 22.1 Å². The van der Waals surface area contributed by atoms with Crippen molar-refractivity contribution in [2.75, 3.05) is 6.61 Å². The van der Waals surface area contributed by atoms with Crippen LogP contribution in [0.4, 0.5) is 0 Å². The zero-order valence-electron chi connectivity index (χ0n) is 7.77. The molecule has 0 fully saturated rings. The highest BCUT2D eigenvalue weighted by atomic mass is 32.1. The fourth-order valence-corrected chi connectivity index (χ4v) is 2.12. The number of nitrogens with zero attached hydrogens (tertiary/aromatic N) is 1. The summed E-state index contributed by atoms with van der Waals surface area (Å²) in [5.74, 6) is 0. The Kier molecular flexibility index (Phi) is 2.91. The second-order valence-electron chi connectivity index (χ2n) is 2.88. The third-order valence-electron chi connectivity index (χ3n) is 1.80. The van der Waals surface area contributed by atoms with E-state index in [4.69, 9.17) is 4.74 Å². The minimum absolute atomic E-state index is 0.575. The summed E-state index contributed by atoms with van der Waals surface area (Å²) in [5.41, 5.74) is 1.05. The van der Waals surface area contributed by atoms with Gasteiger partial charge in [0, 0.05) is 0 Å². The molecule has 0 N–H and O–H groups in total. The lowest BCUT2D eigenvalue weighted by molar-refractivity contribution is 0.149. The van der Waals surface area contributed by atoms with E-state index >= 15 is 0 Å². The molecule has 0 amide bonds. The predicted octanol–water partition coefficient (Wildman–Crippen LogP) is 3.00. The van der Waals surface area contributed by atoms with Crippen molar-refractivity contribution >= 4 is 21.6 Å². The van der Waals surface area contributed by atoms with Crippen LogP contribution in [-0.2, 0) is 11.3 Å². The van der Waals surface area contributed by atoms with Crippen molar-refractivity contribution in [1.29, 1.82) is 0 Å². The van der Waals surface area contributed by atoms with E-state index in [9.17, 15) is 0 Å². The molecule has 0 atom stereocenters. The highest BCUT2D eigenvalue weighted by molar-refractivity contribution is 7.18. The Balaban J connectivity index is 2.14. The van der Waals surface area contributed by atoms with Crippen LogP contribution in [0.25, 0.3) is 10.2 Å². The first-order chi connectivity index (χ1) is 6.90. The second-order valence-corrected chi connectivity index (χ2v) is 3.99. The van der Waals surface area contributed by atoms with Gasteiger partial charge in [-0.2, -0.15) is 0 Å². The lowest BCUT2D eigenvalue weighted by atomic mass is 10.3. The molecular formula is C11H11NOS. The fraction of sp³-hybridized carbons (Fsp3) is 0.182.